The van der Waals surface area contributed by atoms with Crippen LogP contribution >= 0.6 is 24.6 Å². The van der Waals surface area contributed by atoms with Gasteiger partial charge < -0.3 is 14.6 Å². The Morgan fingerprint density at radius 3 is 2.52 bits per heavy atom. The van der Waals surface area contributed by atoms with Crippen LogP contribution in [0.5, 0.6) is 5.75 Å². The standard InChI is InChI=1S/C21H11NO5S.ClH/c23-12-2-5-15-18(8-12)27-19-9-13(24)3-6-16(19)20(15)14-4-1-11(22-10-28)7-17(14)21(25)26;/h1-9,23H,(H,25,26);1H. The van der Waals surface area contributed by atoms with Crippen molar-refractivity contribution in [1.82, 2.24) is 0 Å². The van der Waals surface area contributed by atoms with Crippen molar-refractivity contribution in [2.75, 3.05) is 0 Å². The maximum atomic E-state index is 11.9. The number of isothiocyanates is 1. The third-order valence-electron chi connectivity index (χ3n) is 4.35. The predicted octanol–water partition coefficient (Wildman–Crippen LogP) is 5.12. The van der Waals surface area contributed by atoms with Crippen LogP contribution in [0.2, 0.25) is 0 Å². The van der Waals surface area contributed by atoms with Crippen LogP contribution in [0.1, 0.15) is 10.4 Å². The fourth-order valence-corrected chi connectivity index (χ4v) is 3.30. The summed E-state index contributed by atoms with van der Waals surface area (Å²) in [5.74, 6) is -0.861. The summed E-state index contributed by atoms with van der Waals surface area (Å²) in [5.41, 5.74) is 2.03. The molecule has 0 aromatic heterocycles. The first-order valence-electron chi connectivity index (χ1n) is 8.13. The van der Waals surface area contributed by atoms with Gasteiger partial charge in [-0.15, -0.1) is 12.4 Å². The Morgan fingerprint density at radius 1 is 1.03 bits per heavy atom. The van der Waals surface area contributed by atoms with Gasteiger partial charge in [0.1, 0.15) is 17.1 Å². The molecule has 8 heteroatoms. The summed E-state index contributed by atoms with van der Waals surface area (Å²) >= 11 is 4.59. The maximum absolute atomic E-state index is 11.9. The fourth-order valence-electron chi connectivity index (χ4n) is 3.20. The zero-order chi connectivity index (χ0) is 19.8. The van der Waals surface area contributed by atoms with Crippen molar-refractivity contribution >= 4 is 52.4 Å². The quantitative estimate of drug-likeness (QED) is 0.268. The molecule has 4 rings (SSSR count). The number of carboxylic acids is 1. The highest BCUT2D eigenvalue weighted by atomic mass is 35.5. The second-order valence-electron chi connectivity index (χ2n) is 6.05. The van der Waals surface area contributed by atoms with Gasteiger partial charge in [-0.1, -0.05) is 6.07 Å². The van der Waals surface area contributed by atoms with Crippen LogP contribution in [-0.4, -0.2) is 21.3 Å². The van der Waals surface area contributed by atoms with E-state index in [4.69, 9.17) is 4.42 Å². The molecule has 2 aromatic rings. The highest BCUT2D eigenvalue weighted by molar-refractivity contribution is 7.78. The van der Waals surface area contributed by atoms with Gasteiger partial charge in [0.25, 0.3) is 0 Å². The minimum Gasteiger partial charge on any atom is -0.508 e. The topological polar surface area (TPSA) is 100 Å². The molecule has 144 valence electrons. The molecule has 0 saturated heterocycles. The van der Waals surface area contributed by atoms with Crippen LogP contribution in [0, 0.1) is 0 Å². The first kappa shape index (κ1) is 20.2. The minimum atomic E-state index is -1.14. The average Bonchev–Trinajstić information content (AvgIpc) is 2.66. The van der Waals surface area contributed by atoms with Gasteiger partial charge in [0, 0.05) is 28.6 Å². The average molecular weight is 426 g/mol. The number of rotatable bonds is 3. The number of hydrogen-bond acceptors (Lipinski definition) is 6. The largest absolute Gasteiger partial charge is 0.508 e. The molecule has 6 nitrogen and oxygen atoms in total. The number of phenols is 1. The van der Waals surface area contributed by atoms with Crippen molar-refractivity contribution in [3.8, 4) is 28.2 Å². The Morgan fingerprint density at radius 2 is 1.79 bits per heavy atom. The lowest BCUT2D eigenvalue weighted by atomic mass is 9.90. The van der Waals surface area contributed by atoms with Crippen LogP contribution in [0.4, 0.5) is 5.69 Å². The molecule has 2 aromatic carbocycles. The number of benzene rings is 3. The first-order chi connectivity index (χ1) is 13.5. The van der Waals surface area contributed by atoms with Gasteiger partial charge in [-0.3, -0.25) is 4.79 Å². The molecule has 1 aliphatic carbocycles. The van der Waals surface area contributed by atoms with Gasteiger partial charge in [0.2, 0.25) is 0 Å². The number of aromatic hydroxyl groups is 1. The normalized spacial score (nSPS) is 10.3. The van der Waals surface area contributed by atoms with Gasteiger partial charge in [0.15, 0.2) is 5.43 Å². The molecule has 2 N–H and O–H groups in total. The molecule has 1 heterocycles. The molecule has 29 heavy (non-hydrogen) atoms. The van der Waals surface area contributed by atoms with Gasteiger partial charge in [-0.05, 0) is 54.2 Å². The molecule has 2 aliphatic rings. The zero-order valence-corrected chi connectivity index (χ0v) is 16.2. The third-order valence-corrected chi connectivity index (χ3v) is 4.45. The third kappa shape index (κ3) is 3.62. The molecule has 0 bridgehead atoms. The van der Waals surface area contributed by atoms with Crippen molar-refractivity contribution in [2.45, 2.75) is 0 Å². The number of phenolic OH excluding ortho intramolecular Hbond substituents is 1. The molecular formula is C21H12ClNO5S. The van der Waals surface area contributed by atoms with E-state index >= 15 is 0 Å². The van der Waals surface area contributed by atoms with E-state index in [-0.39, 0.29) is 34.9 Å². The van der Waals surface area contributed by atoms with E-state index < -0.39 is 5.97 Å². The van der Waals surface area contributed by atoms with E-state index in [2.05, 4.69) is 22.4 Å². The molecule has 1 aliphatic heterocycles. The second-order valence-corrected chi connectivity index (χ2v) is 6.24. The van der Waals surface area contributed by atoms with E-state index in [0.29, 0.717) is 33.3 Å². The summed E-state index contributed by atoms with van der Waals surface area (Å²) in [6.45, 7) is 0. The Kier molecular flexibility index (Phi) is 5.48. The molecular weight excluding hydrogens is 414 g/mol. The fraction of sp³-hybridized carbons (Fsp3) is 0. The van der Waals surface area contributed by atoms with E-state index in [1.54, 1.807) is 24.3 Å². The number of hydrogen-bond donors (Lipinski definition) is 2. The number of carbonyl (C=O) groups is 1. The van der Waals surface area contributed by atoms with Crippen LogP contribution in [-0.2, 0) is 0 Å². The lowest BCUT2D eigenvalue weighted by Crippen LogP contribution is -2.03. The molecule has 0 unspecified atom stereocenters. The lowest BCUT2D eigenvalue weighted by Gasteiger charge is -2.16. The van der Waals surface area contributed by atoms with Crippen molar-refractivity contribution < 1.29 is 19.4 Å². The van der Waals surface area contributed by atoms with Crippen LogP contribution < -0.4 is 5.43 Å². The summed E-state index contributed by atoms with van der Waals surface area (Å²) in [5, 5.41) is 22.4. The number of aromatic carboxylic acids is 1. The predicted molar refractivity (Wildman–Crippen MR) is 115 cm³/mol. The van der Waals surface area contributed by atoms with Crippen molar-refractivity contribution in [3.05, 3.63) is 70.4 Å². The summed E-state index contributed by atoms with van der Waals surface area (Å²) in [6, 6.07) is 13.5. The highest BCUT2D eigenvalue weighted by Crippen LogP contribution is 2.42. The minimum absolute atomic E-state index is 0. The smallest absolute Gasteiger partial charge is 0.336 e. The number of nitrogens with zero attached hydrogens (tertiary/aromatic N) is 1. The van der Waals surface area contributed by atoms with Crippen LogP contribution in [0.3, 0.4) is 0 Å². The monoisotopic (exact) mass is 425 g/mol. The van der Waals surface area contributed by atoms with Gasteiger partial charge in [-0.2, -0.15) is 4.99 Å². The van der Waals surface area contributed by atoms with E-state index in [1.807, 2.05) is 0 Å². The molecule has 0 atom stereocenters. The number of carboxylic acid groups (broad SMARTS) is 1. The van der Waals surface area contributed by atoms with Gasteiger partial charge >= 0.3 is 5.97 Å². The Bertz CT molecular complexity index is 1340. The zero-order valence-electron chi connectivity index (χ0n) is 14.6. The molecule has 0 amide bonds. The number of aliphatic imine (C=N–C) groups is 1. The van der Waals surface area contributed by atoms with E-state index in [9.17, 15) is 19.8 Å². The maximum Gasteiger partial charge on any atom is 0.336 e. The van der Waals surface area contributed by atoms with Crippen molar-refractivity contribution in [2.24, 2.45) is 4.99 Å². The number of fused-ring (bicyclic) bond motifs is 2. The molecule has 0 saturated carbocycles. The summed E-state index contributed by atoms with van der Waals surface area (Å²) in [7, 11) is 0. The Hall–Kier alpha value is -3.51. The van der Waals surface area contributed by atoms with E-state index in [0.717, 1.165) is 0 Å². The second kappa shape index (κ2) is 7.85. The summed E-state index contributed by atoms with van der Waals surface area (Å²) in [6.07, 6.45) is 0. The SMILES string of the molecule is Cl.O=C(O)c1cc(N=C=S)ccc1-c1c2ccc(=O)cc-2oc2cc(O)ccc12. The Labute approximate surface area is 175 Å². The van der Waals surface area contributed by atoms with Crippen molar-refractivity contribution in [1.29, 1.82) is 0 Å². The molecule has 0 spiro atoms. The number of halogens is 1. The lowest BCUT2D eigenvalue weighted by molar-refractivity contribution is 0.0697. The van der Waals surface area contributed by atoms with Crippen LogP contribution in [0.15, 0.2) is 68.8 Å². The van der Waals surface area contributed by atoms with Crippen molar-refractivity contribution in [3.63, 3.8) is 0 Å². The van der Waals surface area contributed by atoms with Gasteiger partial charge in [0.05, 0.1) is 16.4 Å². The molecule has 0 radical (unpaired) electrons. The molecule has 0 fully saturated rings. The first-order valence-corrected chi connectivity index (χ1v) is 8.54. The summed E-state index contributed by atoms with van der Waals surface area (Å²) < 4.78 is 5.78. The number of thiocarbonyl (C=S) groups is 1. The van der Waals surface area contributed by atoms with E-state index in [1.165, 1.54) is 30.3 Å². The highest BCUT2D eigenvalue weighted by Gasteiger charge is 2.22. The van der Waals surface area contributed by atoms with Crippen LogP contribution in [0.25, 0.3) is 33.4 Å². The Balaban J connectivity index is 0.00000240. The van der Waals surface area contributed by atoms with Gasteiger partial charge in [-0.25, -0.2) is 4.79 Å². The summed E-state index contributed by atoms with van der Waals surface area (Å²) in [4.78, 5) is 27.6.